The molecule has 0 spiro atoms. The average Bonchev–Trinajstić information content (AvgIpc) is 2.91. The number of nitriles is 1. The summed E-state index contributed by atoms with van der Waals surface area (Å²) < 4.78 is 0. The summed E-state index contributed by atoms with van der Waals surface area (Å²) in [6, 6.07) is 17.1. The largest absolute Gasteiger partial charge is 0.361 e. The van der Waals surface area contributed by atoms with E-state index in [2.05, 4.69) is 55.2 Å². The molecule has 1 aromatic heterocycles. The Bertz CT molecular complexity index is 821. The van der Waals surface area contributed by atoms with Gasteiger partial charge in [0.1, 0.15) is 0 Å². The first kappa shape index (κ1) is 13.5. The molecule has 1 heterocycles. The highest BCUT2D eigenvalue weighted by molar-refractivity contribution is 5.83. The van der Waals surface area contributed by atoms with Gasteiger partial charge in [0, 0.05) is 17.1 Å². The van der Waals surface area contributed by atoms with Crippen LogP contribution in [0.4, 0.5) is 0 Å². The zero-order chi connectivity index (χ0) is 14.8. The number of nitrogens with one attached hydrogen (secondary N) is 1. The molecule has 1 N–H and O–H groups in total. The van der Waals surface area contributed by atoms with Crippen molar-refractivity contribution in [1.29, 1.82) is 5.26 Å². The molecule has 2 heteroatoms. The quantitative estimate of drug-likeness (QED) is 0.742. The van der Waals surface area contributed by atoms with Gasteiger partial charge in [-0.2, -0.15) is 5.26 Å². The first-order chi connectivity index (χ1) is 10.2. The van der Waals surface area contributed by atoms with Crippen molar-refractivity contribution >= 4 is 10.9 Å². The Labute approximate surface area is 125 Å². The molecule has 2 aromatic carbocycles. The van der Waals surface area contributed by atoms with Gasteiger partial charge in [0.05, 0.1) is 12.0 Å². The van der Waals surface area contributed by atoms with Crippen LogP contribution < -0.4 is 0 Å². The second-order valence-corrected chi connectivity index (χ2v) is 5.61. The van der Waals surface area contributed by atoms with Crippen molar-refractivity contribution in [2.75, 3.05) is 0 Å². The number of aromatic nitrogens is 1. The predicted molar refractivity (Wildman–Crippen MR) is 86.3 cm³/mol. The normalized spacial score (nSPS) is 12.2. The molecule has 0 saturated carbocycles. The van der Waals surface area contributed by atoms with Gasteiger partial charge >= 0.3 is 0 Å². The van der Waals surface area contributed by atoms with Gasteiger partial charge in [-0.25, -0.2) is 0 Å². The number of fused-ring (bicyclic) bond motifs is 1. The van der Waals surface area contributed by atoms with Gasteiger partial charge in [0.15, 0.2) is 0 Å². The van der Waals surface area contributed by atoms with E-state index < -0.39 is 0 Å². The van der Waals surface area contributed by atoms with Crippen molar-refractivity contribution in [3.63, 3.8) is 0 Å². The highest BCUT2D eigenvalue weighted by Gasteiger charge is 2.16. The number of rotatable bonds is 3. The van der Waals surface area contributed by atoms with Gasteiger partial charge in [0.2, 0.25) is 0 Å². The fourth-order valence-electron chi connectivity index (χ4n) is 2.88. The molecule has 104 valence electrons. The monoisotopic (exact) mass is 274 g/mol. The maximum absolute atomic E-state index is 9.61. The van der Waals surface area contributed by atoms with Crippen molar-refractivity contribution in [2.24, 2.45) is 0 Å². The molecule has 0 saturated heterocycles. The smallest absolute Gasteiger partial charge is 0.0756 e. The van der Waals surface area contributed by atoms with Crippen LogP contribution >= 0.6 is 0 Å². The number of hydrogen-bond donors (Lipinski definition) is 1. The summed E-state index contributed by atoms with van der Waals surface area (Å²) in [5.74, 6) is -0.107. The maximum Gasteiger partial charge on any atom is 0.0756 e. The lowest BCUT2D eigenvalue weighted by molar-refractivity contribution is 0.845. The Morgan fingerprint density at radius 3 is 2.76 bits per heavy atom. The number of aromatic amines is 1. The molecule has 0 bridgehead atoms. The van der Waals surface area contributed by atoms with Crippen LogP contribution in [0.25, 0.3) is 10.9 Å². The summed E-state index contributed by atoms with van der Waals surface area (Å²) in [5.41, 5.74) is 5.87. The number of aryl methyl sites for hydroxylation is 2. The topological polar surface area (TPSA) is 39.6 Å². The summed E-state index contributed by atoms with van der Waals surface area (Å²) in [5, 5.41) is 10.8. The van der Waals surface area contributed by atoms with Crippen molar-refractivity contribution in [3.8, 4) is 6.07 Å². The predicted octanol–water partition coefficient (Wildman–Crippen LogP) is 4.63. The summed E-state index contributed by atoms with van der Waals surface area (Å²) in [7, 11) is 0. The van der Waals surface area contributed by atoms with E-state index in [0.717, 1.165) is 17.5 Å². The lowest BCUT2D eigenvalue weighted by atomic mass is 9.89. The average molecular weight is 274 g/mol. The van der Waals surface area contributed by atoms with Crippen LogP contribution in [0.2, 0.25) is 0 Å². The van der Waals surface area contributed by atoms with Crippen LogP contribution in [0.5, 0.6) is 0 Å². The first-order valence-electron chi connectivity index (χ1n) is 7.21. The maximum atomic E-state index is 9.61. The fourth-order valence-corrected chi connectivity index (χ4v) is 2.88. The third kappa shape index (κ3) is 2.55. The molecule has 0 aliphatic rings. The lowest BCUT2D eigenvalue weighted by Gasteiger charge is -2.13. The summed E-state index contributed by atoms with van der Waals surface area (Å²) in [6.07, 6.45) is 2.77. The van der Waals surface area contributed by atoms with E-state index >= 15 is 0 Å². The molecule has 1 atom stereocenters. The summed E-state index contributed by atoms with van der Waals surface area (Å²) in [6.45, 7) is 4.15. The van der Waals surface area contributed by atoms with Gasteiger partial charge in [-0.1, -0.05) is 42.0 Å². The molecule has 0 aliphatic carbocycles. The van der Waals surface area contributed by atoms with E-state index in [1.165, 1.54) is 22.1 Å². The van der Waals surface area contributed by atoms with Crippen molar-refractivity contribution < 1.29 is 0 Å². The minimum atomic E-state index is -0.107. The van der Waals surface area contributed by atoms with Crippen LogP contribution in [0, 0.1) is 25.2 Å². The van der Waals surface area contributed by atoms with Crippen molar-refractivity contribution in [3.05, 3.63) is 70.9 Å². The van der Waals surface area contributed by atoms with Gasteiger partial charge in [-0.05, 0) is 43.0 Å². The van der Waals surface area contributed by atoms with E-state index in [-0.39, 0.29) is 5.92 Å². The molecular weight excluding hydrogens is 256 g/mol. The molecule has 21 heavy (non-hydrogen) atoms. The fraction of sp³-hybridized carbons (Fsp3) is 0.211. The third-order valence-electron chi connectivity index (χ3n) is 4.06. The number of H-pyrrole nitrogens is 1. The Morgan fingerprint density at radius 1 is 1.14 bits per heavy atom. The Morgan fingerprint density at radius 2 is 1.95 bits per heavy atom. The number of benzene rings is 2. The molecule has 0 fully saturated rings. The van der Waals surface area contributed by atoms with Gasteiger partial charge in [0.25, 0.3) is 0 Å². The van der Waals surface area contributed by atoms with E-state index in [0.29, 0.717) is 0 Å². The highest BCUT2D eigenvalue weighted by Crippen LogP contribution is 2.28. The van der Waals surface area contributed by atoms with Gasteiger partial charge < -0.3 is 4.98 Å². The Balaban J connectivity index is 1.98. The van der Waals surface area contributed by atoms with Gasteiger partial charge in [-0.3, -0.25) is 0 Å². The molecule has 0 amide bonds. The first-order valence-corrected chi connectivity index (χ1v) is 7.21. The summed E-state index contributed by atoms with van der Waals surface area (Å²) >= 11 is 0. The Kier molecular flexibility index (Phi) is 3.50. The van der Waals surface area contributed by atoms with Crippen LogP contribution in [0.3, 0.4) is 0 Å². The third-order valence-corrected chi connectivity index (χ3v) is 4.06. The van der Waals surface area contributed by atoms with Crippen LogP contribution in [-0.4, -0.2) is 4.98 Å². The standard InChI is InChI=1S/C19H18N2/c1-13-7-8-14(2)18(9-13)15(11-20)10-16-12-21-19-6-4-3-5-17(16)19/h3-9,12,15,21H,10H2,1-2H3. The SMILES string of the molecule is Cc1ccc(C)c(C(C#N)Cc2c[nH]c3ccccc23)c1. The van der Waals surface area contributed by atoms with Crippen LogP contribution in [0.1, 0.15) is 28.2 Å². The molecular formula is C19H18N2. The van der Waals surface area contributed by atoms with Crippen LogP contribution in [0.15, 0.2) is 48.7 Å². The zero-order valence-electron chi connectivity index (χ0n) is 12.4. The van der Waals surface area contributed by atoms with E-state index in [1.54, 1.807) is 0 Å². The number of hydrogen-bond acceptors (Lipinski definition) is 1. The molecule has 3 rings (SSSR count). The van der Waals surface area contributed by atoms with Crippen LogP contribution in [-0.2, 0) is 6.42 Å². The van der Waals surface area contributed by atoms with Crippen molar-refractivity contribution in [2.45, 2.75) is 26.2 Å². The van der Waals surface area contributed by atoms with Crippen molar-refractivity contribution in [1.82, 2.24) is 4.98 Å². The Hall–Kier alpha value is -2.53. The molecule has 3 aromatic rings. The number of para-hydroxylation sites is 1. The van der Waals surface area contributed by atoms with E-state index in [4.69, 9.17) is 0 Å². The summed E-state index contributed by atoms with van der Waals surface area (Å²) in [4.78, 5) is 3.29. The van der Waals surface area contributed by atoms with E-state index in [9.17, 15) is 5.26 Å². The zero-order valence-corrected chi connectivity index (χ0v) is 12.4. The minimum Gasteiger partial charge on any atom is -0.361 e. The van der Waals surface area contributed by atoms with Gasteiger partial charge in [-0.15, -0.1) is 0 Å². The second kappa shape index (κ2) is 5.46. The lowest BCUT2D eigenvalue weighted by Crippen LogP contribution is -2.03. The molecule has 0 radical (unpaired) electrons. The molecule has 0 aliphatic heterocycles. The minimum absolute atomic E-state index is 0.107. The van der Waals surface area contributed by atoms with E-state index in [1.807, 2.05) is 18.3 Å². The molecule has 1 unspecified atom stereocenters. The second-order valence-electron chi connectivity index (χ2n) is 5.61. The molecule has 2 nitrogen and oxygen atoms in total. The highest BCUT2D eigenvalue weighted by atomic mass is 14.7. The number of nitrogens with zero attached hydrogens (tertiary/aromatic N) is 1.